The van der Waals surface area contributed by atoms with Gasteiger partial charge in [0.2, 0.25) is 0 Å². The standard InChI is InChI=1S/C23H18N2O6S2/c26-22-20-14-7-8-15-21(20)23(27)24(22)16-9-17-25(32(28,29)18-10-3-1-4-11-18)33(30,31)19-12-5-2-6-13-19/h1-15,17H,16H2/b17-9+. The quantitative estimate of drug-likeness (QED) is 0.479. The summed E-state index contributed by atoms with van der Waals surface area (Å²) in [5, 5.41) is 0. The normalized spacial score (nSPS) is 14.0. The molecule has 0 radical (unpaired) electrons. The third-order valence-electron chi connectivity index (χ3n) is 4.95. The van der Waals surface area contributed by atoms with E-state index in [9.17, 15) is 26.4 Å². The van der Waals surface area contributed by atoms with Gasteiger partial charge in [0, 0.05) is 12.7 Å². The lowest BCUT2D eigenvalue weighted by Crippen LogP contribution is -2.34. The van der Waals surface area contributed by atoms with Crippen LogP contribution in [-0.2, 0) is 20.0 Å². The van der Waals surface area contributed by atoms with E-state index in [1.165, 1.54) is 60.7 Å². The highest BCUT2D eigenvalue weighted by molar-refractivity contribution is 8.04. The van der Waals surface area contributed by atoms with Gasteiger partial charge in [0.1, 0.15) is 0 Å². The fourth-order valence-corrected chi connectivity index (χ4v) is 6.79. The van der Waals surface area contributed by atoms with E-state index in [1.54, 1.807) is 24.3 Å². The fourth-order valence-electron chi connectivity index (χ4n) is 3.33. The van der Waals surface area contributed by atoms with Crippen LogP contribution in [0.1, 0.15) is 20.7 Å². The highest BCUT2D eigenvalue weighted by Crippen LogP contribution is 2.26. The second-order valence-corrected chi connectivity index (χ2v) is 10.9. The maximum absolute atomic E-state index is 13.2. The monoisotopic (exact) mass is 482 g/mol. The van der Waals surface area contributed by atoms with Crippen LogP contribution in [0.3, 0.4) is 0 Å². The first-order valence-electron chi connectivity index (χ1n) is 9.76. The third kappa shape index (κ3) is 4.06. The average molecular weight is 483 g/mol. The summed E-state index contributed by atoms with van der Waals surface area (Å²) in [6.45, 7) is -0.308. The summed E-state index contributed by atoms with van der Waals surface area (Å²) >= 11 is 0. The molecule has 0 unspecified atom stereocenters. The molecule has 33 heavy (non-hydrogen) atoms. The number of rotatable bonds is 7. The number of amides is 2. The zero-order valence-corrected chi connectivity index (χ0v) is 18.7. The molecule has 0 spiro atoms. The Kier molecular flexibility index (Phi) is 5.88. The van der Waals surface area contributed by atoms with E-state index >= 15 is 0 Å². The zero-order valence-electron chi connectivity index (χ0n) is 17.1. The SMILES string of the molecule is O=C1c2ccccc2C(=O)N1C/C=C/N(S(=O)(=O)c1ccccc1)S(=O)(=O)c1ccccc1. The second kappa shape index (κ2) is 8.64. The molecule has 0 aromatic heterocycles. The van der Waals surface area contributed by atoms with Gasteiger partial charge in [-0.3, -0.25) is 14.5 Å². The minimum Gasteiger partial charge on any atom is -0.270 e. The molecule has 0 bridgehead atoms. The maximum Gasteiger partial charge on any atom is 0.277 e. The lowest BCUT2D eigenvalue weighted by atomic mass is 10.1. The van der Waals surface area contributed by atoms with Crippen LogP contribution in [0.5, 0.6) is 0 Å². The minimum atomic E-state index is -4.51. The molecule has 0 saturated heterocycles. The second-order valence-electron chi connectivity index (χ2n) is 7.01. The van der Waals surface area contributed by atoms with Crippen LogP contribution >= 0.6 is 0 Å². The number of carbonyl (C=O) groups excluding carboxylic acids is 2. The Morgan fingerprint density at radius 1 is 0.636 bits per heavy atom. The summed E-state index contributed by atoms with van der Waals surface area (Å²) < 4.78 is 53.2. The zero-order chi connectivity index (χ0) is 23.6. The van der Waals surface area contributed by atoms with Crippen molar-refractivity contribution in [2.75, 3.05) is 6.54 Å². The van der Waals surface area contributed by atoms with Gasteiger partial charge < -0.3 is 0 Å². The van der Waals surface area contributed by atoms with Crippen molar-refractivity contribution in [3.05, 3.63) is 108 Å². The summed E-state index contributed by atoms with van der Waals surface area (Å²) in [6.07, 6.45) is 2.01. The molecule has 1 heterocycles. The van der Waals surface area contributed by atoms with Crippen molar-refractivity contribution in [3.63, 3.8) is 0 Å². The molecule has 0 N–H and O–H groups in total. The Bertz CT molecular complexity index is 1350. The van der Waals surface area contributed by atoms with Crippen molar-refractivity contribution in [3.8, 4) is 0 Å². The van der Waals surface area contributed by atoms with E-state index in [1.807, 2.05) is 0 Å². The average Bonchev–Trinajstić information content (AvgIpc) is 3.07. The minimum absolute atomic E-state index is 0.227. The number of fused-ring (bicyclic) bond motifs is 1. The van der Waals surface area contributed by atoms with Gasteiger partial charge >= 0.3 is 0 Å². The number of benzene rings is 3. The predicted octanol–water partition coefficient (Wildman–Crippen LogP) is 2.88. The van der Waals surface area contributed by atoms with Crippen LogP contribution in [0.15, 0.2) is 107 Å². The summed E-state index contributed by atoms with van der Waals surface area (Å²) in [6, 6.07) is 20.5. The summed E-state index contributed by atoms with van der Waals surface area (Å²) in [4.78, 5) is 25.5. The topological polar surface area (TPSA) is 109 Å². The molecule has 168 valence electrons. The van der Waals surface area contributed by atoms with Crippen LogP contribution in [0.2, 0.25) is 0 Å². The van der Waals surface area contributed by atoms with Crippen LogP contribution in [-0.4, -0.2) is 43.8 Å². The Hall–Kier alpha value is -3.76. The molecule has 1 aliphatic heterocycles. The Morgan fingerprint density at radius 2 is 1.03 bits per heavy atom. The maximum atomic E-state index is 13.2. The smallest absolute Gasteiger partial charge is 0.270 e. The molecule has 0 atom stereocenters. The number of nitrogens with zero attached hydrogens (tertiary/aromatic N) is 2. The highest BCUT2D eigenvalue weighted by Gasteiger charge is 2.36. The predicted molar refractivity (Wildman–Crippen MR) is 120 cm³/mol. The molecule has 10 heteroatoms. The van der Waals surface area contributed by atoms with Gasteiger partial charge in [-0.05, 0) is 42.5 Å². The van der Waals surface area contributed by atoms with Gasteiger partial charge in [-0.25, -0.2) is 16.8 Å². The van der Waals surface area contributed by atoms with E-state index in [4.69, 9.17) is 0 Å². The van der Waals surface area contributed by atoms with Gasteiger partial charge in [-0.2, -0.15) is 3.71 Å². The number of carbonyl (C=O) groups is 2. The number of sulfonamides is 2. The molecule has 1 aliphatic rings. The van der Waals surface area contributed by atoms with E-state index in [0.717, 1.165) is 17.2 Å². The Morgan fingerprint density at radius 3 is 1.45 bits per heavy atom. The molecule has 4 rings (SSSR count). The third-order valence-corrected chi connectivity index (χ3v) is 9.05. The van der Waals surface area contributed by atoms with Gasteiger partial charge in [-0.1, -0.05) is 48.5 Å². The van der Waals surface area contributed by atoms with Crippen molar-refractivity contribution in [2.45, 2.75) is 9.79 Å². The first kappa shape index (κ1) is 22.4. The van der Waals surface area contributed by atoms with Crippen molar-refractivity contribution < 1.29 is 26.4 Å². The van der Waals surface area contributed by atoms with Gasteiger partial charge in [0.15, 0.2) is 0 Å². The van der Waals surface area contributed by atoms with Crippen molar-refractivity contribution in [1.29, 1.82) is 0 Å². The molecule has 0 aliphatic carbocycles. The molecular weight excluding hydrogens is 464 g/mol. The molecule has 0 saturated carbocycles. The molecular formula is C23H18N2O6S2. The van der Waals surface area contributed by atoms with Gasteiger partial charge in [-0.15, -0.1) is 0 Å². The largest absolute Gasteiger partial charge is 0.277 e. The van der Waals surface area contributed by atoms with Gasteiger partial charge in [0.25, 0.3) is 31.9 Å². The molecule has 3 aromatic rings. The molecule has 2 amide bonds. The van der Waals surface area contributed by atoms with E-state index in [-0.39, 0.29) is 31.2 Å². The van der Waals surface area contributed by atoms with Gasteiger partial charge in [0.05, 0.1) is 20.9 Å². The number of hydrogen-bond acceptors (Lipinski definition) is 6. The van der Waals surface area contributed by atoms with Crippen molar-refractivity contribution in [2.24, 2.45) is 0 Å². The van der Waals surface area contributed by atoms with Crippen LogP contribution < -0.4 is 0 Å². The van der Waals surface area contributed by atoms with E-state index < -0.39 is 31.9 Å². The Labute approximate surface area is 191 Å². The lowest BCUT2D eigenvalue weighted by molar-refractivity contribution is 0.0672. The van der Waals surface area contributed by atoms with Crippen LogP contribution in [0.4, 0.5) is 0 Å². The molecule has 3 aromatic carbocycles. The van der Waals surface area contributed by atoms with Crippen molar-refractivity contribution in [1.82, 2.24) is 8.61 Å². The number of hydrogen-bond donors (Lipinski definition) is 0. The lowest BCUT2D eigenvalue weighted by Gasteiger charge is -2.21. The van der Waals surface area contributed by atoms with E-state index in [0.29, 0.717) is 0 Å². The van der Waals surface area contributed by atoms with E-state index in [2.05, 4.69) is 0 Å². The summed E-state index contributed by atoms with van der Waals surface area (Å²) in [7, 11) is -9.03. The molecule has 0 fully saturated rings. The fraction of sp³-hybridized carbons (Fsp3) is 0.0435. The highest BCUT2D eigenvalue weighted by atomic mass is 32.3. The summed E-state index contributed by atoms with van der Waals surface area (Å²) in [5.41, 5.74) is 0.475. The Balaban J connectivity index is 1.70. The summed E-state index contributed by atoms with van der Waals surface area (Å²) in [5.74, 6) is -1.08. The first-order valence-corrected chi connectivity index (χ1v) is 12.6. The van der Waals surface area contributed by atoms with Crippen LogP contribution in [0, 0.1) is 0 Å². The molecule has 8 nitrogen and oxygen atoms in total. The first-order chi connectivity index (χ1) is 15.7. The number of imide groups is 1. The van der Waals surface area contributed by atoms with Crippen LogP contribution in [0.25, 0.3) is 0 Å². The van der Waals surface area contributed by atoms with Crippen molar-refractivity contribution >= 4 is 31.9 Å².